The summed E-state index contributed by atoms with van der Waals surface area (Å²) in [5.74, 6) is 0. The second-order valence-electron chi connectivity index (χ2n) is 6.65. The van der Waals surface area contributed by atoms with Crippen molar-refractivity contribution in [2.75, 3.05) is 32.7 Å². The van der Waals surface area contributed by atoms with Crippen LogP contribution in [0.2, 0.25) is 0 Å². The summed E-state index contributed by atoms with van der Waals surface area (Å²) in [6, 6.07) is 2.14. The molecule has 0 bridgehead atoms. The van der Waals surface area contributed by atoms with Crippen LogP contribution in [0.1, 0.15) is 66.7 Å². The summed E-state index contributed by atoms with van der Waals surface area (Å²) in [5.41, 5.74) is 0. The summed E-state index contributed by atoms with van der Waals surface area (Å²) in [5, 5.41) is 3.81. The van der Waals surface area contributed by atoms with Crippen LogP contribution >= 0.6 is 0 Å². The lowest BCUT2D eigenvalue weighted by Crippen LogP contribution is -2.57. The van der Waals surface area contributed by atoms with Gasteiger partial charge in [0.15, 0.2) is 0 Å². The van der Waals surface area contributed by atoms with Gasteiger partial charge in [0.1, 0.15) is 0 Å². The molecule has 3 heteroatoms. The van der Waals surface area contributed by atoms with Crippen molar-refractivity contribution in [1.82, 2.24) is 15.1 Å². The maximum Gasteiger partial charge on any atom is 0.0247 e. The van der Waals surface area contributed by atoms with E-state index in [1.807, 2.05) is 0 Å². The summed E-state index contributed by atoms with van der Waals surface area (Å²) in [6.45, 7) is 17.8. The van der Waals surface area contributed by atoms with E-state index in [2.05, 4.69) is 49.7 Å². The Hall–Kier alpha value is -0.120. The molecule has 1 aliphatic rings. The topological polar surface area (TPSA) is 18.5 Å². The van der Waals surface area contributed by atoms with Crippen LogP contribution in [0.4, 0.5) is 0 Å². The Morgan fingerprint density at radius 3 is 1.95 bits per heavy atom. The van der Waals surface area contributed by atoms with Gasteiger partial charge in [0.25, 0.3) is 0 Å². The summed E-state index contributed by atoms with van der Waals surface area (Å²) in [7, 11) is 0. The standard InChI is InChI=1S/C18H39N3/c1-6-10-17(19-11-7-2)18(9-4)21-14-12-20(13-15-21)16(5)8-3/h16-19H,6-15H2,1-5H3. The van der Waals surface area contributed by atoms with Crippen molar-refractivity contribution in [2.24, 2.45) is 0 Å². The third-order valence-electron chi connectivity index (χ3n) is 5.17. The molecule has 1 aliphatic heterocycles. The molecule has 0 radical (unpaired) electrons. The number of nitrogens with zero attached hydrogens (tertiary/aromatic N) is 2. The molecule has 1 saturated heterocycles. The van der Waals surface area contributed by atoms with Gasteiger partial charge in [-0.05, 0) is 39.2 Å². The highest BCUT2D eigenvalue weighted by molar-refractivity contribution is 4.87. The molecule has 0 aromatic heterocycles. The molecule has 126 valence electrons. The van der Waals surface area contributed by atoms with Gasteiger partial charge in [0.05, 0.1) is 0 Å². The van der Waals surface area contributed by atoms with Gasteiger partial charge in [-0.1, -0.05) is 34.1 Å². The van der Waals surface area contributed by atoms with E-state index in [0.29, 0.717) is 6.04 Å². The average Bonchev–Trinajstić information content (AvgIpc) is 2.53. The highest BCUT2D eigenvalue weighted by Crippen LogP contribution is 2.17. The van der Waals surface area contributed by atoms with Crippen LogP contribution in [0.3, 0.4) is 0 Å². The number of hydrogen-bond acceptors (Lipinski definition) is 3. The molecule has 3 atom stereocenters. The van der Waals surface area contributed by atoms with E-state index in [1.165, 1.54) is 58.3 Å². The van der Waals surface area contributed by atoms with E-state index in [1.54, 1.807) is 0 Å². The van der Waals surface area contributed by atoms with E-state index < -0.39 is 0 Å². The predicted octanol–water partition coefficient (Wildman–Crippen LogP) is 3.35. The van der Waals surface area contributed by atoms with Crippen molar-refractivity contribution in [3.05, 3.63) is 0 Å². The lowest BCUT2D eigenvalue weighted by Gasteiger charge is -2.44. The van der Waals surface area contributed by atoms with Crippen LogP contribution in [0.5, 0.6) is 0 Å². The Kier molecular flexibility index (Phi) is 9.54. The minimum atomic E-state index is 0.676. The van der Waals surface area contributed by atoms with E-state index >= 15 is 0 Å². The SMILES string of the molecule is CCCNC(CCC)C(CC)N1CCN(C(C)CC)CC1. The first-order valence-corrected chi connectivity index (χ1v) is 9.39. The summed E-state index contributed by atoms with van der Waals surface area (Å²) in [4.78, 5) is 5.42. The van der Waals surface area contributed by atoms with E-state index in [4.69, 9.17) is 0 Å². The number of rotatable bonds is 10. The second-order valence-corrected chi connectivity index (χ2v) is 6.65. The highest BCUT2D eigenvalue weighted by Gasteiger charge is 2.29. The first kappa shape index (κ1) is 18.9. The monoisotopic (exact) mass is 297 g/mol. The van der Waals surface area contributed by atoms with Crippen molar-refractivity contribution in [1.29, 1.82) is 0 Å². The minimum absolute atomic E-state index is 0.676. The van der Waals surface area contributed by atoms with E-state index in [0.717, 1.165) is 18.6 Å². The molecule has 21 heavy (non-hydrogen) atoms. The Morgan fingerprint density at radius 2 is 1.48 bits per heavy atom. The summed E-state index contributed by atoms with van der Waals surface area (Å²) >= 11 is 0. The van der Waals surface area contributed by atoms with Crippen molar-refractivity contribution < 1.29 is 0 Å². The molecular weight excluding hydrogens is 258 g/mol. The van der Waals surface area contributed by atoms with Crippen LogP contribution in [-0.4, -0.2) is 60.6 Å². The maximum absolute atomic E-state index is 3.81. The first-order chi connectivity index (χ1) is 10.2. The van der Waals surface area contributed by atoms with Gasteiger partial charge in [-0.2, -0.15) is 0 Å². The van der Waals surface area contributed by atoms with Crippen LogP contribution < -0.4 is 5.32 Å². The number of hydrogen-bond donors (Lipinski definition) is 1. The Labute approximate surface area is 133 Å². The third-order valence-corrected chi connectivity index (χ3v) is 5.17. The molecular formula is C18H39N3. The lowest BCUT2D eigenvalue weighted by molar-refractivity contribution is 0.0558. The highest BCUT2D eigenvalue weighted by atomic mass is 15.3. The van der Waals surface area contributed by atoms with Gasteiger partial charge >= 0.3 is 0 Å². The molecule has 3 unspecified atom stereocenters. The quantitative estimate of drug-likeness (QED) is 0.667. The maximum atomic E-state index is 3.81. The van der Waals surface area contributed by atoms with E-state index in [-0.39, 0.29) is 0 Å². The van der Waals surface area contributed by atoms with Gasteiger partial charge in [-0.25, -0.2) is 0 Å². The van der Waals surface area contributed by atoms with Crippen molar-refractivity contribution >= 4 is 0 Å². The largest absolute Gasteiger partial charge is 0.312 e. The first-order valence-electron chi connectivity index (χ1n) is 9.39. The minimum Gasteiger partial charge on any atom is -0.312 e. The smallest absolute Gasteiger partial charge is 0.0247 e. The Morgan fingerprint density at radius 1 is 0.857 bits per heavy atom. The predicted molar refractivity (Wildman–Crippen MR) is 94.0 cm³/mol. The molecule has 0 aromatic rings. The van der Waals surface area contributed by atoms with Crippen LogP contribution in [0, 0.1) is 0 Å². The molecule has 0 spiro atoms. The molecule has 0 aliphatic carbocycles. The molecule has 1 fully saturated rings. The summed E-state index contributed by atoms with van der Waals surface area (Å²) in [6.07, 6.45) is 6.37. The third kappa shape index (κ3) is 5.88. The average molecular weight is 298 g/mol. The van der Waals surface area contributed by atoms with Crippen molar-refractivity contribution in [3.63, 3.8) is 0 Å². The zero-order valence-electron chi connectivity index (χ0n) is 15.2. The Balaban J connectivity index is 2.54. The number of piperazine rings is 1. The lowest BCUT2D eigenvalue weighted by atomic mass is 9.98. The summed E-state index contributed by atoms with van der Waals surface area (Å²) < 4.78 is 0. The molecule has 3 nitrogen and oxygen atoms in total. The van der Waals surface area contributed by atoms with Crippen LogP contribution in [0.15, 0.2) is 0 Å². The molecule has 0 saturated carbocycles. The van der Waals surface area contributed by atoms with Gasteiger partial charge < -0.3 is 5.32 Å². The number of nitrogens with one attached hydrogen (secondary N) is 1. The molecule has 0 aromatic carbocycles. The molecule has 1 rings (SSSR count). The van der Waals surface area contributed by atoms with Crippen LogP contribution in [0.25, 0.3) is 0 Å². The van der Waals surface area contributed by atoms with Gasteiger partial charge in [0.2, 0.25) is 0 Å². The zero-order valence-corrected chi connectivity index (χ0v) is 15.2. The van der Waals surface area contributed by atoms with Crippen molar-refractivity contribution in [2.45, 2.75) is 84.8 Å². The molecule has 1 N–H and O–H groups in total. The fourth-order valence-electron chi connectivity index (χ4n) is 3.64. The van der Waals surface area contributed by atoms with E-state index in [9.17, 15) is 0 Å². The van der Waals surface area contributed by atoms with Gasteiger partial charge in [-0.15, -0.1) is 0 Å². The molecule has 0 amide bonds. The Bertz CT molecular complexity index is 249. The van der Waals surface area contributed by atoms with Gasteiger partial charge in [-0.3, -0.25) is 9.80 Å². The zero-order chi connectivity index (χ0) is 15.7. The normalized spacial score (nSPS) is 22.1. The molecule has 1 heterocycles. The van der Waals surface area contributed by atoms with Crippen molar-refractivity contribution in [3.8, 4) is 0 Å². The van der Waals surface area contributed by atoms with Gasteiger partial charge in [0, 0.05) is 44.3 Å². The fraction of sp³-hybridized carbons (Fsp3) is 1.00. The van der Waals surface area contributed by atoms with Crippen LogP contribution in [-0.2, 0) is 0 Å². The second kappa shape index (κ2) is 10.6. The fourth-order valence-corrected chi connectivity index (χ4v) is 3.64.